The fraction of sp³-hybridized carbons (Fsp3) is 0.312. The van der Waals surface area contributed by atoms with Gasteiger partial charge in [0.1, 0.15) is 5.75 Å². The van der Waals surface area contributed by atoms with Crippen LogP contribution in [0.3, 0.4) is 0 Å². The van der Waals surface area contributed by atoms with E-state index in [4.69, 9.17) is 4.74 Å². The second kappa shape index (κ2) is 6.72. The Balaban J connectivity index is 2.32. The number of carbonyl (C=O) groups excluding carboxylic acids is 1. The van der Waals surface area contributed by atoms with Crippen LogP contribution in [0.1, 0.15) is 27.0 Å². The van der Waals surface area contributed by atoms with Crippen LogP contribution in [0.5, 0.6) is 5.75 Å². The van der Waals surface area contributed by atoms with Gasteiger partial charge in [0.05, 0.1) is 16.9 Å². The van der Waals surface area contributed by atoms with Gasteiger partial charge in [-0.1, -0.05) is 6.92 Å². The summed E-state index contributed by atoms with van der Waals surface area (Å²) in [5.74, 6) is 0.0352. The molecule has 5 nitrogen and oxygen atoms in total. The lowest BCUT2D eigenvalue weighted by Crippen LogP contribution is -2.32. The van der Waals surface area contributed by atoms with Gasteiger partial charge in [0.2, 0.25) is 0 Å². The number of hydrogen-bond donors (Lipinski definition) is 0. The number of amides is 1. The van der Waals surface area contributed by atoms with E-state index in [2.05, 4.69) is 0 Å². The molecule has 0 saturated heterocycles. The fourth-order valence-corrected chi connectivity index (χ4v) is 4.41. The van der Waals surface area contributed by atoms with E-state index in [1.807, 2.05) is 13.8 Å². The highest BCUT2D eigenvalue weighted by molar-refractivity contribution is 7.89. The van der Waals surface area contributed by atoms with Gasteiger partial charge in [-0.2, -0.15) is 0 Å². The summed E-state index contributed by atoms with van der Waals surface area (Å²) >= 11 is 1.34. The Morgan fingerprint density at radius 3 is 2.35 bits per heavy atom. The minimum Gasteiger partial charge on any atom is -0.497 e. The highest BCUT2D eigenvalue weighted by Crippen LogP contribution is 2.26. The van der Waals surface area contributed by atoms with Crippen molar-refractivity contribution in [1.29, 1.82) is 0 Å². The van der Waals surface area contributed by atoms with E-state index in [1.54, 1.807) is 18.2 Å². The summed E-state index contributed by atoms with van der Waals surface area (Å²) in [5.41, 5.74) is 1.01. The van der Waals surface area contributed by atoms with E-state index < -0.39 is 15.9 Å². The number of rotatable bonds is 5. The summed E-state index contributed by atoms with van der Waals surface area (Å²) < 4.78 is 31.0. The van der Waals surface area contributed by atoms with E-state index in [-0.39, 0.29) is 4.90 Å². The smallest absolute Gasteiger partial charge is 0.277 e. The number of ether oxygens (including phenoxy) is 1. The number of methoxy groups -OCH3 is 1. The van der Waals surface area contributed by atoms with Crippen molar-refractivity contribution >= 4 is 27.3 Å². The van der Waals surface area contributed by atoms with Gasteiger partial charge < -0.3 is 4.74 Å². The minimum atomic E-state index is -3.89. The summed E-state index contributed by atoms with van der Waals surface area (Å²) in [6.45, 7) is 3.93. The number of hydrogen-bond acceptors (Lipinski definition) is 5. The Morgan fingerprint density at radius 1 is 1.26 bits per heavy atom. The molecular weight excluding hydrogens is 334 g/mol. The van der Waals surface area contributed by atoms with Crippen LogP contribution >= 0.6 is 11.3 Å². The lowest BCUT2D eigenvalue weighted by Gasteiger charge is -2.17. The SMILES string of the molecule is CCc1sc(C(=O)N(C)S(=O)(=O)c2ccc(OC)cc2)cc1C. The first-order valence-corrected chi connectivity index (χ1v) is 9.33. The van der Waals surface area contributed by atoms with Crippen LogP contribution in [0.4, 0.5) is 0 Å². The third-order valence-electron chi connectivity index (χ3n) is 3.56. The van der Waals surface area contributed by atoms with Crippen molar-refractivity contribution in [3.05, 3.63) is 45.6 Å². The number of carbonyl (C=O) groups is 1. The van der Waals surface area contributed by atoms with Gasteiger partial charge in [0.25, 0.3) is 15.9 Å². The maximum absolute atomic E-state index is 12.6. The second-order valence-corrected chi connectivity index (χ2v) is 8.13. The lowest BCUT2D eigenvalue weighted by molar-refractivity contribution is 0.0887. The molecule has 0 atom stereocenters. The zero-order chi connectivity index (χ0) is 17.2. The maximum Gasteiger partial charge on any atom is 0.277 e. The first-order chi connectivity index (χ1) is 10.8. The first-order valence-electron chi connectivity index (χ1n) is 7.07. The van der Waals surface area contributed by atoms with E-state index in [9.17, 15) is 13.2 Å². The maximum atomic E-state index is 12.6. The summed E-state index contributed by atoms with van der Waals surface area (Å²) in [5, 5.41) is 0. The Labute approximate surface area is 140 Å². The molecule has 0 spiro atoms. The molecule has 0 bridgehead atoms. The molecule has 0 aliphatic rings. The Hall–Kier alpha value is -1.86. The number of nitrogens with zero attached hydrogens (tertiary/aromatic N) is 1. The largest absolute Gasteiger partial charge is 0.497 e. The predicted octanol–water partition coefficient (Wildman–Crippen LogP) is 3.09. The van der Waals surface area contributed by atoms with E-state index in [1.165, 1.54) is 37.6 Å². The highest BCUT2D eigenvalue weighted by Gasteiger charge is 2.27. The van der Waals surface area contributed by atoms with E-state index in [0.29, 0.717) is 10.6 Å². The first kappa shape index (κ1) is 17.5. The third-order valence-corrected chi connectivity index (χ3v) is 6.68. The van der Waals surface area contributed by atoms with Crippen molar-refractivity contribution in [1.82, 2.24) is 4.31 Å². The van der Waals surface area contributed by atoms with Crippen molar-refractivity contribution in [2.24, 2.45) is 0 Å². The van der Waals surface area contributed by atoms with Gasteiger partial charge in [-0.15, -0.1) is 11.3 Å². The van der Waals surface area contributed by atoms with Gasteiger partial charge in [-0.3, -0.25) is 4.79 Å². The molecule has 0 unspecified atom stereocenters. The molecule has 1 amide bonds. The van der Waals surface area contributed by atoms with Crippen LogP contribution in [0.15, 0.2) is 35.2 Å². The topological polar surface area (TPSA) is 63.7 Å². The van der Waals surface area contributed by atoms with Crippen molar-refractivity contribution in [2.45, 2.75) is 25.2 Å². The van der Waals surface area contributed by atoms with Gasteiger partial charge in [-0.25, -0.2) is 12.7 Å². The molecule has 0 aliphatic carbocycles. The number of benzene rings is 1. The number of aryl methyl sites for hydroxylation is 2. The Bertz CT molecular complexity index is 807. The van der Waals surface area contributed by atoms with E-state index in [0.717, 1.165) is 21.2 Å². The third kappa shape index (κ3) is 3.40. The molecule has 124 valence electrons. The average Bonchev–Trinajstić information content (AvgIpc) is 2.94. The molecule has 0 aliphatic heterocycles. The summed E-state index contributed by atoms with van der Waals surface area (Å²) in [6, 6.07) is 7.70. The lowest BCUT2D eigenvalue weighted by atomic mass is 10.2. The molecule has 1 aromatic carbocycles. The van der Waals surface area contributed by atoms with Crippen LogP contribution in [0.25, 0.3) is 0 Å². The van der Waals surface area contributed by atoms with Crippen LogP contribution in [-0.4, -0.2) is 32.8 Å². The summed E-state index contributed by atoms with van der Waals surface area (Å²) in [7, 11) is -1.10. The predicted molar refractivity (Wildman–Crippen MR) is 90.7 cm³/mol. The Kier molecular flexibility index (Phi) is 5.11. The molecule has 7 heteroatoms. The molecule has 2 aromatic rings. The molecule has 0 N–H and O–H groups in total. The molecule has 2 rings (SSSR count). The monoisotopic (exact) mass is 353 g/mol. The second-order valence-electron chi connectivity index (χ2n) is 5.02. The molecule has 1 heterocycles. The van der Waals surface area contributed by atoms with Crippen LogP contribution in [0, 0.1) is 6.92 Å². The van der Waals surface area contributed by atoms with Crippen molar-refractivity contribution < 1.29 is 17.9 Å². The minimum absolute atomic E-state index is 0.0538. The highest BCUT2D eigenvalue weighted by atomic mass is 32.2. The normalized spacial score (nSPS) is 11.3. The van der Waals surface area contributed by atoms with Crippen LogP contribution in [-0.2, 0) is 16.4 Å². The standard InChI is InChI=1S/C16H19NO4S2/c1-5-14-11(2)10-15(22-14)16(18)17(3)23(19,20)13-8-6-12(21-4)7-9-13/h6-10H,5H2,1-4H3. The van der Waals surface area contributed by atoms with Crippen LogP contribution < -0.4 is 4.74 Å². The number of sulfonamides is 1. The average molecular weight is 353 g/mol. The fourth-order valence-electron chi connectivity index (χ4n) is 2.15. The molecular formula is C16H19NO4S2. The van der Waals surface area contributed by atoms with Crippen LogP contribution in [0.2, 0.25) is 0 Å². The Morgan fingerprint density at radius 2 is 1.87 bits per heavy atom. The van der Waals surface area contributed by atoms with E-state index >= 15 is 0 Å². The summed E-state index contributed by atoms with van der Waals surface area (Å²) in [4.78, 5) is 14.1. The van der Waals surface area contributed by atoms with Gasteiger partial charge in [0.15, 0.2) is 0 Å². The number of thiophene rings is 1. The zero-order valence-electron chi connectivity index (χ0n) is 13.5. The molecule has 0 radical (unpaired) electrons. The quantitative estimate of drug-likeness (QED) is 0.829. The van der Waals surface area contributed by atoms with Crippen molar-refractivity contribution in [3.8, 4) is 5.75 Å². The van der Waals surface area contributed by atoms with Crippen molar-refractivity contribution in [2.75, 3.05) is 14.2 Å². The van der Waals surface area contributed by atoms with Gasteiger partial charge in [-0.05, 0) is 49.2 Å². The molecule has 23 heavy (non-hydrogen) atoms. The zero-order valence-corrected chi connectivity index (χ0v) is 15.1. The van der Waals surface area contributed by atoms with Crippen molar-refractivity contribution in [3.63, 3.8) is 0 Å². The molecule has 0 saturated carbocycles. The molecule has 1 aromatic heterocycles. The van der Waals surface area contributed by atoms with Gasteiger partial charge >= 0.3 is 0 Å². The molecule has 0 fully saturated rings. The van der Waals surface area contributed by atoms with Gasteiger partial charge in [0, 0.05) is 11.9 Å². The summed E-state index contributed by atoms with van der Waals surface area (Å²) in [6.07, 6.45) is 0.818.